The third kappa shape index (κ3) is 6.02. The van der Waals surface area contributed by atoms with E-state index in [9.17, 15) is 14.0 Å². The summed E-state index contributed by atoms with van der Waals surface area (Å²) < 4.78 is 17.6. The zero-order valence-electron chi connectivity index (χ0n) is 13.8. The molecule has 0 saturated carbocycles. The van der Waals surface area contributed by atoms with Crippen LogP contribution in [0.5, 0.6) is 0 Å². The Hall–Kier alpha value is -3.20. The number of carbonyl (C=O) groups is 2. The van der Waals surface area contributed by atoms with E-state index in [0.29, 0.717) is 16.9 Å². The second-order valence-electron chi connectivity index (χ2n) is 4.96. The van der Waals surface area contributed by atoms with Crippen molar-refractivity contribution in [1.82, 2.24) is 10.9 Å². The summed E-state index contributed by atoms with van der Waals surface area (Å²) in [4.78, 5) is 23.4. The fraction of sp³-hybridized carbons (Fsp3) is 0.118. The van der Waals surface area contributed by atoms with Gasteiger partial charge in [0.05, 0.1) is 6.61 Å². The molecule has 2 aromatic rings. The highest BCUT2D eigenvalue weighted by Crippen LogP contribution is 2.10. The van der Waals surface area contributed by atoms with Crippen LogP contribution in [0.3, 0.4) is 0 Å². The monoisotopic (exact) mass is 376 g/mol. The molecule has 26 heavy (non-hydrogen) atoms. The van der Waals surface area contributed by atoms with Gasteiger partial charge in [0.1, 0.15) is 5.82 Å². The van der Waals surface area contributed by atoms with Crippen LogP contribution in [-0.4, -0.2) is 23.7 Å². The largest absolute Gasteiger partial charge is 0.450 e. The molecule has 2 amide bonds. The molecular weight excluding hydrogens is 359 g/mol. The van der Waals surface area contributed by atoms with Gasteiger partial charge >= 0.3 is 6.09 Å². The Morgan fingerprint density at radius 1 is 0.962 bits per heavy atom. The topological polar surface area (TPSA) is 91.5 Å². The molecule has 7 nitrogen and oxygen atoms in total. The number of thiocarbonyl (C=S) groups is 1. The Labute approximate surface area is 154 Å². The normalized spacial score (nSPS) is 9.77. The maximum absolute atomic E-state index is 12.8. The standard InChI is InChI=1S/C17H17FN4O3S/c1-2-25-17(24)20-14-7-3-11(4-8-14)15(23)21-22-16(26)19-13-9-5-12(18)6-10-13/h3-10H,2H2,1H3,(H,20,24)(H,21,23)(H2,19,22,26). The van der Waals surface area contributed by atoms with Crippen LogP contribution < -0.4 is 21.5 Å². The minimum Gasteiger partial charge on any atom is -0.450 e. The molecule has 0 heterocycles. The molecule has 0 bridgehead atoms. The predicted octanol–water partition coefficient (Wildman–Crippen LogP) is 3.03. The molecule has 0 unspecified atom stereocenters. The third-order valence-corrected chi connectivity index (χ3v) is 3.26. The van der Waals surface area contributed by atoms with Crippen LogP contribution >= 0.6 is 12.2 Å². The van der Waals surface area contributed by atoms with Crippen molar-refractivity contribution < 1.29 is 18.7 Å². The van der Waals surface area contributed by atoms with Crippen molar-refractivity contribution in [2.45, 2.75) is 6.92 Å². The SMILES string of the molecule is CCOC(=O)Nc1ccc(C(=O)NNC(=S)Nc2ccc(F)cc2)cc1. The molecule has 136 valence electrons. The van der Waals surface area contributed by atoms with Crippen LogP contribution in [-0.2, 0) is 4.74 Å². The van der Waals surface area contributed by atoms with Crippen LogP contribution in [0.15, 0.2) is 48.5 Å². The molecule has 0 aliphatic heterocycles. The van der Waals surface area contributed by atoms with Crippen molar-refractivity contribution in [3.05, 3.63) is 59.9 Å². The van der Waals surface area contributed by atoms with Crippen LogP contribution in [0.25, 0.3) is 0 Å². The van der Waals surface area contributed by atoms with Gasteiger partial charge < -0.3 is 10.1 Å². The van der Waals surface area contributed by atoms with E-state index in [-0.39, 0.29) is 17.5 Å². The number of carbonyl (C=O) groups excluding carboxylic acids is 2. The number of amides is 2. The predicted molar refractivity (Wildman–Crippen MR) is 100 cm³/mol. The summed E-state index contributed by atoms with van der Waals surface area (Å²) in [7, 11) is 0. The van der Waals surface area contributed by atoms with E-state index in [0.717, 1.165) is 0 Å². The summed E-state index contributed by atoms with van der Waals surface area (Å²) in [6.45, 7) is 1.97. The molecule has 0 spiro atoms. The lowest BCUT2D eigenvalue weighted by atomic mass is 10.2. The second-order valence-corrected chi connectivity index (χ2v) is 5.37. The number of halogens is 1. The van der Waals surface area contributed by atoms with Crippen molar-refractivity contribution in [2.75, 3.05) is 17.2 Å². The van der Waals surface area contributed by atoms with Gasteiger partial charge in [0.25, 0.3) is 5.91 Å². The average Bonchev–Trinajstić information content (AvgIpc) is 2.62. The van der Waals surface area contributed by atoms with Gasteiger partial charge in [-0.05, 0) is 67.7 Å². The molecule has 0 aliphatic carbocycles. The highest BCUT2D eigenvalue weighted by molar-refractivity contribution is 7.80. The van der Waals surface area contributed by atoms with Gasteiger partial charge in [-0.15, -0.1) is 0 Å². The van der Waals surface area contributed by atoms with E-state index >= 15 is 0 Å². The van der Waals surface area contributed by atoms with E-state index in [1.807, 2.05) is 0 Å². The van der Waals surface area contributed by atoms with Crippen molar-refractivity contribution in [2.24, 2.45) is 0 Å². The lowest BCUT2D eigenvalue weighted by Gasteiger charge is -2.12. The number of rotatable bonds is 4. The number of nitrogens with one attached hydrogen (secondary N) is 4. The molecule has 4 N–H and O–H groups in total. The molecule has 0 atom stereocenters. The molecule has 2 aromatic carbocycles. The maximum Gasteiger partial charge on any atom is 0.411 e. The average molecular weight is 376 g/mol. The molecule has 0 fully saturated rings. The first-order valence-electron chi connectivity index (χ1n) is 7.64. The fourth-order valence-corrected chi connectivity index (χ4v) is 2.04. The highest BCUT2D eigenvalue weighted by atomic mass is 32.1. The molecule has 9 heteroatoms. The second kappa shape index (κ2) is 9.33. The number of hydrogen-bond donors (Lipinski definition) is 4. The first kappa shape index (κ1) is 19.1. The summed E-state index contributed by atoms with van der Waals surface area (Å²) in [6.07, 6.45) is -0.566. The fourth-order valence-electron chi connectivity index (χ4n) is 1.87. The smallest absolute Gasteiger partial charge is 0.411 e. The first-order chi connectivity index (χ1) is 12.5. The van der Waals surface area contributed by atoms with Gasteiger partial charge in [-0.25, -0.2) is 9.18 Å². The molecule has 0 saturated heterocycles. The lowest BCUT2D eigenvalue weighted by molar-refractivity contribution is 0.0944. The molecule has 0 aliphatic rings. The van der Waals surface area contributed by atoms with Crippen LogP contribution in [0.1, 0.15) is 17.3 Å². The lowest BCUT2D eigenvalue weighted by Crippen LogP contribution is -2.43. The number of hydrazine groups is 1. The zero-order chi connectivity index (χ0) is 18.9. The highest BCUT2D eigenvalue weighted by Gasteiger charge is 2.07. The van der Waals surface area contributed by atoms with Crippen LogP contribution in [0.2, 0.25) is 0 Å². The quantitative estimate of drug-likeness (QED) is 0.484. The van der Waals surface area contributed by atoms with E-state index in [2.05, 4.69) is 21.5 Å². The Kier molecular flexibility index (Phi) is 6.86. The maximum atomic E-state index is 12.8. The zero-order valence-corrected chi connectivity index (χ0v) is 14.7. The Bertz CT molecular complexity index is 782. The molecule has 0 radical (unpaired) electrons. The van der Waals surface area contributed by atoms with E-state index in [1.165, 1.54) is 36.4 Å². The summed E-state index contributed by atoms with van der Waals surface area (Å²) >= 11 is 5.04. The molecule has 0 aromatic heterocycles. The van der Waals surface area contributed by atoms with Crippen molar-refractivity contribution >= 4 is 40.7 Å². The summed E-state index contributed by atoms with van der Waals surface area (Å²) in [6, 6.07) is 11.8. The number of benzene rings is 2. The molecular formula is C17H17FN4O3S. The van der Waals surface area contributed by atoms with Crippen molar-refractivity contribution in [1.29, 1.82) is 0 Å². The number of ether oxygens (including phenoxy) is 1. The Morgan fingerprint density at radius 2 is 1.54 bits per heavy atom. The van der Waals surface area contributed by atoms with Crippen molar-refractivity contribution in [3.63, 3.8) is 0 Å². The van der Waals surface area contributed by atoms with Gasteiger partial charge in [-0.2, -0.15) is 0 Å². The number of hydrogen-bond acceptors (Lipinski definition) is 4. The van der Waals surface area contributed by atoms with Gasteiger partial charge in [-0.3, -0.25) is 21.0 Å². The summed E-state index contributed by atoms with van der Waals surface area (Å²) in [5, 5.41) is 5.46. The third-order valence-electron chi connectivity index (χ3n) is 3.06. The minimum absolute atomic E-state index is 0.144. The van der Waals surface area contributed by atoms with Crippen LogP contribution in [0, 0.1) is 5.82 Å². The van der Waals surface area contributed by atoms with E-state index in [4.69, 9.17) is 17.0 Å². The summed E-state index contributed by atoms with van der Waals surface area (Å²) in [5.41, 5.74) is 6.41. The first-order valence-corrected chi connectivity index (χ1v) is 8.05. The van der Waals surface area contributed by atoms with Crippen molar-refractivity contribution in [3.8, 4) is 0 Å². The minimum atomic E-state index is -0.566. The molecule has 2 rings (SSSR count). The van der Waals surface area contributed by atoms with Gasteiger partial charge in [-0.1, -0.05) is 0 Å². The number of anilines is 2. The van der Waals surface area contributed by atoms with Crippen LogP contribution in [0.4, 0.5) is 20.6 Å². The van der Waals surface area contributed by atoms with Gasteiger partial charge in [0, 0.05) is 16.9 Å². The summed E-state index contributed by atoms with van der Waals surface area (Å²) in [5.74, 6) is -0.778. The van der Waals surface area contributed by atoms with E-state index < -0.39 is 12.0 Å². The van der Waals surface area contributed by atoms with E-state index in [1.54, 1.807) is 19.1 Å². The Balaban J connectivity index is 1.82. The van der Waals surface area contributed by atoms with Gasteiger partial charge in [0.2, 0.25) is 0 Å². The Morgan fingerprint density at radius 3 is 2.15 bits per heavy atom. The van der Waals surface area contributed by atoms with Gasteiger partial charge in [0.15, 0.2) is 5.11 Å².